The monoisotopic (exact) mass is 478 g/mol. The molecule has 0 spiro atoms. The zero-order valence-electron chi connectivity index (χ0n) is 17.6. The van der Waals surface area contributed by atoms with E-state index in [4.69, 9.17) is 16.6 Å². The van der Waals surface area contributed by atoms with Gasteiger partial charge in [0.15, 0.2) is 0 Å². The molecule has 0 fully saturated rings. The highest BCUT2D eigenvalue weighted by atomic mass is 35.5. The Balaban J connectivity index is 1.87. The fourth-order valence-electron chi connectivity index (χ4n) is 4.15. The molecular weight excluding hydrogens is 460 g/mol. The Labute approximate surface area is 191 Å². The van der Waals surface area contributed by atoms with Crippen molar-refractivity contribution >= 4 is 17.4 Å². The highest BCUT2D eigenvalue weighted by molar-refractivity contribution is 6.31. The molecule has 0 aliphatic carbocycles. The molecule has 0 saturated carbocycles. The molecule has 2 atom stereocenters. The molecular formula is C23H19ClF4N4O. The molecule has 33 heavy (non-hydrogen) atoms. The van der Waals surface area contributed by atoms with E-state index in [1.165, 1.54) is 24.4 Å². The van der Waals surface area contributed by atoms with Gasteiger partial charge in [0.05, 0.1) is 6.04 Å². The van der Waals surface area contributed by atoms with Crippen LogP contribution in [0.3, 0.4) is 0 Å². The second-order valence-corrected chi connectivity index (χ2v) is 8.08. The lowest BCUT2D eigenvalue weighted by atomic mass is 9.79. The van der Waals surface area contributed by atoms with Gasteiger partial charge in [-0.3, -0.25) is 14.8 Å². The molecule has 172 valence electrons. The van der Waals surface area contributed by atoms with Gasteiger partial charge in [-0.25, -0.2) is 4.39 Å². The topological polar surface area (TPSA) is 70.1 Å². The Kier molecular flexibility index (Phi) is 5.78. The Hall–Kier alpha value is -3.20. The smallest absolute Gasteiger partial charge is 0.354 e. The average Bonchev–Trinajstić information content (AvgIpc) is 3.13. The van der Waals surface area contributed by atoms with Gasteiger partial charge in [0.25, 0.3) is 5.56 Å². The number of aromatic amines is 1. The molecule has 5 nitrogen and oxygen atoms in total. The van der Waals surface area contributed by atoms with Gasteiger partial charge in [-0.05, 0) is 42.7 Å². The van der Waals surface area contributed by atoms with Gasteiger partial charge < -0.3 is 10.3 Å². The number of nitrogens with zero attached hydrogens (tertiary/aromatic N) is 2. The number of hydrogen-bond acceptors (Lipinski definition) is 4. The first-order chi connectivity index (χ1) is 15.6. The van der Waals surface area contributed by atoms with Crippen molar-refractivity contribution in [3.05, 3.63) is 97.9 Å². The summed E-state index contributed by atoms with van der Waals surface area (Å²) in [5.41, 5.74) is -0.425. The molecule has 0 bridgehead atoms. The minimum atomic E-state index is -4.58. The number of hydrogen-bond donors (Lipinski definition) is 2. The molecule has 1 aliphatic heterocycles. The zero-order chi connectivity index (χ0) is 24.0. The normalized spacial score (nSPS) is 20.5. The second-order valence-electron chi connectivity index (χ2n) is 7.70. The summed E-state index contributed by atoms with van der Waals surface area (Å²) in [5.74, 6) is -0.0476. The molecule has 1 aromatic carbocycles. The summed E-state index contributed by atoms with van der Waals surface area (Å²) in [6.07, 6.45) is -1.48. The molecule has 4 rings (SSSR count). The number of aliphatic imine (C=N–C) groups is 1. The predicted molar refractivity (Wildman–Crippen MR) is 117 cm³/mol. The van der Waals surface area contributed by atoms with E-state index in [-0.39, 0.29) is 5.02 Å². The third-order valence-electron chi connectivity index (χ3n) is 5.82. The van der Waals surface area contributed by atoms with E-state index in [9.17, 15) is 22.4 Å². The third-order valence-corrected chi connectivity index (χ3v) is 6.22. The van der Waals surface area contributed by atoms with Gasteiger partial charge in [-0.15, -0.1) is 0 Å². The summed E-state index contributed by atoms with van der Waals surface area (Å²) < 4.78 is 52.9. The van der Waals surface area contributed by atoms with Crippen molar-refractivity contribution in [1.82, 2.24) is 15.3 Å². The van der Waals surface area contributed by atoms with Crippen LogP contribution in [-0.4, -0.2) is 21.8 Å². The first kappa shape index (κ1) is 23.0. The van der Waals surface area contributed by atoms with Gasteiger partial charge in [0, 0.05) is 23.5 Å². The number of alkyl halides is 3. The number of amidine groups is 1. The molecule has 1 aliphatic rings. The molecule has 2 aromatic heterocycles. The fraction of sp³-hybridized carbons (Fsp3) is 0.261. The molecule has 2 N–H and O–H groups in total. The number of rotatable bonds is 4. The van der Waals surface area contributed by atoms with Crippen molar-refractivity contribution < 1.29 is 17.6 Å². The SMILES string of the molecule is CCc1c(C2=N[C@@H](C)[C@@](c3ccc(F)cc3)(c3ccc(C(F)(F)F)nc3)N2)c[nH]c(=O)c1Cl. The summed E-state index contributed by atoms with van der Waals surface area (Å²) in [7, 11) is 0. The van der Waals surface area contributed by atoms with E-state index < -0.39 is 34.8 Å². The largest absolute Gasteiger partial charge is 0.433 e. The van der Waals surface area contributed by atoms with Crippen molar-refractivity contribution in [2.24, 2.45) is 4.99 Å². The third kappa shape index (κ3) is 3.90. The van der Waals surface area contributed by atoms with E-state index in [0.717, 1.165) is 12.3 Å². The molecule has 3 aromatic rings. The predicted octanol–water partition coefficient (Wildman–Crippen LogP) is 4.83. The van der Waals surface area contributed by atoms with Crippen LogP contribution < -0.4 is 10.9 Å². The van der Waals surface area contributed by atoms with Crippen LogP contribution in [-0.2, 0) is 18.1 Å². The number of aromatic nitrogens is 2. The maximum atomic E-state index is 13.7. The van der Waals surface area contributed by atoms with Crippen molar-refractivity contribution in [2.75, 3.05) is 0 Å². The van der Waals surface area contributed by atoms with Gasteiger partial charge in [0.1, 0.15) is 27.9 Å². The highest BCUT2D eigenvalue weighted by Gasteiger charge is 2.46. The Morgan fingerprint density at radius 3 is 2.36 bits per heavy atom. The van der Waals surface area contributed by atoms with Crippen LogP contribution in [0.1, 0.15) is 41.8 Å². The van der Waals surface area contributed by atoms with E-state index in [1.54, 1.807) is 19.1 Å². The fourth-order valence-corrected chi connectivity index (χ4v) is 4.44. The molecule has 0 amide bonds. The maximum Gasteiger partial charge on any atom is 0.433 e. The molecule has 3 heterocycles. The Bertz CT molecular complexity index is 1270. The lowest BCUT2D eigenvalue weighted by Crippen LogP contribution is -2.48. The summed E-state index contributed by atoms with van der Waals surface area (Å²) in [5, 5.41) is 3.37. The lowest BCUT2D eigenvalue weighted by molar-refractivity contribution is -0.141. The van der Waals surface area contributed by atoms with Crippen LogP contribution in [0.4, 0.5) is 17.6 Å². The first-order valence-electron chi connectivity index (χ1n) is 10.1. The zero-order valence-corrected chi connectivity index (χ0v) is 18.4. The number of nitrogens with one attached hydrogen (secondary N) is 2. The summed E-state index contributed by atoms with van der Waals surface area (Å²) in [4.78, 5) is 22.9. The molecule has 0 unspecified atom stereocenters. The van der Waals surface area contributed by atoms with Crippen LogP contribution in [0.15, 0.2) is 58.6 Å². The van der Waals surface area contributed by atoms with E-state index in [2.05, 4.69) is 15.3 Å². The number of benzene rings is 1. The van der Waals surface area contributed by atoms with Gasteiger partial charge in [-0.2, -0.15) is 13.2 Å². The summed E-state index contributed by atoms with van der Waals surface area (Å²) in [6, 6.07) is 7.37. The van der Waals surface area contributed by atoms with E-state index >= 15 is 0 Å². The molecule has 0 radical (unpaired) electrons. The maximum absolute atomic E-state index is 13.7. The van der Waals surface area contributed by atoms with Crippen LogP contribution in [0.2, 0.25) is 5.02 Å². The van der Waals surface area contributed by atoms with Crippen molar-refractivity contribution in [3.8, 4) is 0 Å². The van der Waals surface area contributed by atoms with Crippen molar-refractivity contribution in [1.29, 1.82) is 0 Å². The van der Waals surface area contributed by atoms with Crippen LogP contribution in [0.5, 0.6) is 0 Å². The summed E-state index contributed by atoms with van der Waals surface area (Å²) in [6.45, 7) is 3.63. The van der Waals surface area contributed by atoms with Crippen LogP contribution in [0.25, 0.3) is 0 Å². The van der Waals surface area contributed by atoms with Crippen molar-refractivity contribution in [3.63, 3.8) is 0 Å². The second kappa shape index (κ2) is 8.30. The number of halogens is 5. The number of pyridine rings is 2. The van der Waals surface area contributed by atoms with E-state index in [0.29, 0.717) is 34.5 Å². The number of H-pyrrole nitrogens is 1. The van der Waals surface area contributed by atoms with Gasteiger partial charge >= 0.3 is 6.18 Å². The minimum Gasteiger partial charge on any atom is -0.354 e. The highest BCUT2D eigenvalue weighted by Crippen LogP contribution is 2.40. The Morgan fingerprint density at radius 1 is 1.12 bits per heavy atom. The molecule has 10 heteroatoms. The average molecular weight is 479 g/mol. The van der Waals surface area contributed by atoms with E-state index in [1.807, 2.05) is 6.92 Å². The van der Waals surface area contributed by atoms with Gasteiger partial charge in [0.2, 0.25) is 0 Å². The lowest BCUT2D eigenvalue weighted by Gasteiger charge is -2.35. The molecule has 0 saturated heterocycles. The standard InChI is InChI=1S/C23H19ClF4N4O/c1-3-16-17(11-30-21(33)19(16)24)20-31-12(2)22(32-20,13-4-7-15(25)8-5-13)14-6-9-18(29-10-14)23(26,27)28/h4-12H,3H2,1-2H3,(H,30,33)(H,31,32)/t12-,22+/m0/s1. The first-order valence-corrected chi connectivity index (χ1v) is 10.5. The van der Waals surface area contributed by atoms with Crippen LogP contribution in [0, 0.1) is 5.82 Å². The quantitative estimate of drug-likeness (QED) is 0.528. The van der Waals surface area contributed by atoms with Crippen LogP contribution >= 0.6 is 11.6 Å². The minimum absolute atomic E-state index is 0.0441. The summed E-state index contributed by atoms with van der Waals surface area (Å²) >= 11 is 6.21. The van der Waals surface area contributed by atoms with Gasteiger partial charge in [-0.1, -0.05) is 36.7 Å². The van der Waals surface area contributed by atoms with Crippen molar-refractivity contribution in [2.45, 2.75) is 38.0 Å². The Morgan fingerprint density at radius 2 is 1.79 bits per heavy atom.